The van der Waals surface area contributed by atoms with Gasteiger partial charge in [0.1, 0.15) is 12.2 Å². The quantitative estimate of drug-likeness (QED) is 0.445. The monoisotopic (exact) mass is 506 g/mol. The van der Waals surface area contributed by atoms with E-state index in [1.807, 2.05) is 18.2 Å². The third-order valence-electron chi connectivity index (χ3n) is 6.02. The van der Waals surface area contributed by atoms with E-state index in [1.54, 1.807) is 47.8 Å². The van der Waals surface area contributed by atoms with E-state index in [0.29, 0.717) is 29.0 Å². The van der Waals surface area contributed by atoms with Gasteiger partial charge in [-0.15, -0.1) is 0 Å². The number of benzene rings is 1. The molecule has 0 saturated carbocycles. The van der Waals surface area contributed by atoms with Crippen molar-refractivity contribution in [3.05, 3.63) is 48.8 Å². The zero-order valence-electron chi connectivity index (χ0n) is 20.2. The minimum Gasteiger partial charge on any atom is -0.482 e. The third kappa shape index (κ3) is 4.56. The highest BCUT2D eigenvalue weighted by Crippen LogP contribution is 2.38. The Morgan fingerprint density at radius 1 is 1.08 bits per heavy atom. The average molecular weight is 507 g/mol. The predicted molar refractivity (Wildman–Crippen MR) is 137 cm³/mol. The summed E-state index contributed by atoms with van der Waals surface area (Å²) in [4.78, 5) is 15.9. The first kappa shape index (κ1) is 22.7. The van der Waals surface area contributed by atoms with Gasteiger partial charge in [0.2, 0.25) is 5.95 Å². The van der Waals surface area contributed by atoms with Crippen molar-refractivity contribution < 1.29 is 13.7 Å². The smallest absolute Gasteiger partial charge is 0.229 e. The highest BCUT2D eigenvalue weighted by atomic mass is 32.2. The second-order valence-electron chi connectivity index (χ2n) is 9.31. The normalized spacial score (nSPS) is 19.6. The standard InChI is InChI=1S/C24H26N8O3S/c1-31-10-9-18-20(14-31)35-17-8-7-16(11-19(17)34-18)27-24-25-12-15-13-26-32(23(15)29-24)22-6-4-5-21(28-22)30-36(2,3)33/h4-8,11-13,18,20H,9-10,14H2,1-3H3,(H,25,27,29). The van der Waals surface area contributed by atoms with Crippen LogP contribution in [0.3, 0.4) is 0 Å². The predicted octanol–water partition coefficient (Wildman–Crippen LogP) is 3.16. The number of hydrogen-bond donors (Lipinski definition) is 1. The largest absolute Gasteiger partial charge is 0.482 e. The molecule has 11 nitrogen and oxygen atoms in total. The third-order valence-corrected chi connectivity index (χ3v) is 6.64. The van der Waals surface area contributed by atoms with Crippen LogP contribution in [-0.4, -0.2) is 78.7 Å². The van der Waals surface area contributed by atoms with Crippen LogP contribution in [0.1, 0.15) is 6.42 Å². The maximum Gasteiger partial charge on any atom is 0.229 e. The lowest BCUT2D eigenvalue weighted by Gasteiger charge is -2.40. The van der Waals surface area contributed by atoms with Crippen molar-refractivity contribution in [1.29, 1.82) is 0 Å². The van der Waals surface area contributed by atoms with Gasteiger partial charge >= 0.3 is 0 Å². The summed E-state index contributed by atoms with van der Waals surface area (Å²) in [5.41, 5.74) is 1.37. The van der Waals surface area contributed by atoms with Crippen LogP contribution in [0, 0.1) is 0 Å². The first-order valence-corrected chi connectivity index (χ1v) is 13.9. The van der Waals surface area contributed by atoms with E-state index in [1.165, 1.54) is 0 Å². The summed E-state index contributed by atoms with van der Waals surface area (Å²) in [7, 11) is -0.238. The Kier molecular flexibility index (Phi) is 5.49. The van der Waals surface area contributed by atoms with E-state index < -0.39 is 9.73 Å². The first-order chi connectivity index (χ1) is 17.3. The molecule has 36 heavy (non-hydrogen) atoms. The lowest BCUT2D eigenvalue weighted by atomic mass is 10.0. The highest BCUT2D eigenvalue weighted by Gasteiger charge is 2.35. The number of ether oxygens (including phenoxy) is 2. The van der Waals surface area contributed by atoms with E-state index in [-0.39, 0.29) is 12.2 Å². The maximum atomic E-state index is 12.1. The lowest BCUT2D eigenvalue weighted by Crippen LogP contribution is -2.52. The minimum atomic E-state index is -2.34. The molecule has 6 rings (SSSR count). The van der Waals surface area contributed by atoms with Gasteiger partial charge in [-0.3, -0.25) is 0 Å². The number of aromatic nitrogens is 5. The van der Waals surface area contributed by atoms with Gasteiger partial charge in [0, 0.05) is 59.7 Å². The molecule has 2 unspecified atom stereocenters. The Hall–Kier alpha value is -3.77. The van der Waals surface area contributed by atoms with Crippen LogP contribution in [0.4, 0.5) is 17.5 Å². The van der Waals surface area contributed by atoms with Crippen molar-refractivity contribution in [2.45, 2.75) is 18.6 Å². The summed E-state index contributed by atoms with van der Waals surface area (Å²) in [5, 5.41) is 8.43. The van der Waals surface area contributed by atoms with Crippen molar-refractivity contribution in [2.75, 3.05) is 38.0 Å². The van der Waals surface area contributed by atoms with Gasteiger partial charge < -0.3 is 19.7 Å². The number of anilines is 2. The molecular weight excluding hydrogens is 480 g/mol. The molecule has 0 amide bonds. The molecule has 2 atom stereocenters. The SMILES string of the molecule is CN1CCC2Oc3cc(Nc4ncc5cnn(-c6cccc(N=S(C)(C)=O)n6)c5n4)ccc3OC2C1. The molecule has 1 fully saturated rings. The van der Waals surface area contributed by atoms with Crippen molar-refractivity contribution in [1.82, 2.24) is 29.6 Å². The number of fused-ring (bicyclic) bond motifs is 3. The summed E-state index contributed by atoms with van der Waals surface area (Å²) >= 11 is 0. The molecule has 0 bridgehead atoms. The molecule has 5 heterocycles. The van der Waals surface area contributed by atoms with Gasteiger partial charge in [-0.2, -0.15) is 19.1 Å². The molecule has 0 aliphatic carbocycles. The lowest BCUT2D eigenvalue weighted by molar-refractivity contribution is -0.0281. The van der Waals surface area contributed by atoms with Crippen LogP contribution < -0.4 is 14.8 Å². The fraction of sp³-hybridized carbons (Fsp3) is 0.333. The van der Waals surface area contributed by atoms with E-state index in [9.17, 15) is 4.21 Å². The first-order valence-electron chi connectivity index (χ1n) is 11.6. The summed E-state index contributed by atoms with van der Waals surface area (Å²) in [6, 6.07) is 11.0. The number of hydrogen-bond acceptors (Lipinski definition) is 10. The van der Waals surface area contributed by atoms with Gasteiger partial charge in [0.25, 0.3) is 0 Å². The Balaban J connectivity index is 1.28. The molecule has 0 spiro atoms. The molecule has 1 aromatic carbocycles. The molecule has 4 aromatic rings. The van der Waals surface area contributed by atoms with Gasteiger partial charge in [-0.1, -0.05) is 6.07 Å². The molecule has 1 N–H and O–H groups in total. The van der Waals surface area contributed by atoms with Gasteiger partial charge in [0.05, 0.1) is 11.6 Å². The van der Waals surface area contributed by atoms with E-state index in [0.717, 1.165) is 36.3 Å². The van der Waals surface area contributed by atoms with E-state index in [2.05, 4.69) is 41.7 Å². The van der Waals surface area contributed by atoms with Crippen LogP contribution >= 0.6 is 0 Å². The summed E-state index contributed by atoms with van der Waals surface area (Å²) in [5.74, 6) is 2.76. The second-order valence-corrected chi connectivity index (χ2v) is 11.9. The van der Waals surface area contributed by atoms with Crippen LogP contribution in [0.15, 0.2) is 53.2 Å². The number of piperidine rings is 1. The Bertz CT molecular complexity index is 1570. The van der Waals surface area contributed by atoms with E-state index >= 15 is 0 Å². The van der Waals surface area contributed by atoms with Crippen molar-refractivity contribution in [3.63, 3.8) is 0 Å². The topological polar surface area (TPSA) is 120 Å². The molecular formula is C24H26N8O3S. The molecule has 1 saturated heterocycles. The van der Waals surface area contributed by atoms with Gasteiger partial charge in [-0.05, 0) is 31.3 Å². The molecule has 0 radical (unpaired) electrons. The summed E-state index contributed by atoms with van der Waals surface area (Å²) < 4.78 is 30.3. The Labute approximate surface area is 208 Å². The Morgan fingerprint density at radius 3 is 2.81 bits per heavy atom. The summed E-state index contributed by atoms with van der Waals surface area (Å²) in [6.45, 7) is 1.84. The number of nitrogens with one attached hydrogen (secondary N) is 1. The van der Waals surface area contributed by atoms with Crippen LogP contribution in [0.2, 0.25) is 0 Å². The summed E-state index contributed by atoms with van der Waals surface area (Å²) in [6.07, 6.45) is 7.54. The van der Waals surface area contributed by atoms with E-state index in [4.69, 9.17) is 9.47 Å². The molecule has 2 aliphatic heterocycles. The van der Waals surface area contributed by atoms with Crippen molar-refractivity contribution in [3.8, 4) is 17.3 Å². The van der Waals surface area contributed by atoms with Crippen LogP contribution in [-0.2, 0) is 9.73 Å². The molecule has 186 valence electrons. The number of likely N-dealkylation sites (tertiary alicyclic amines) is 1. The maximum absolute atomic E-state index is 12.1. The number of likely N-dealkylation sites (N-methyl/N-ethyl adjacent to an activating group) is 1. The van der Waals surface area contributed by atoms with Gasteiger partial charge in [0.15, 0.2) is 28.8 Å². The number of pyridine rings is 1. The minimum absolute atomic E-state index is 0.0436. The highest BCUT2D eigenvalue weighted by molar-refractivity contribution is 7.92. The van der Waals surface area contributed by atoms with Crippen LogP contribution in [0.5, 0.6) is 11.5 Å². The fourth-order valence-corrected chi connectivity index (χ4v) is 4.93. The number of nitrogens with zero attached hydrogens (tertiary/aromatic N) is 7. The number of rotatable bonds is 4. The molecule has 3 aromatic heterocycles. The molecule has 12 heteroatoms. The fourth-order valence-electron chi connectivity index (χ4n) is 4.38. The van der Waals surface area contributed by atoms with Gasteiger partial charge in [-0.25, -0.2) is 14.2 Å². The van der Waals surface area contributed by atoms with Crippen molar-refractivity contribution >= 4 is 38.2 Å². The second kappa shape index (κ2) is 8.71. The Morgan fingerprint density at radius 2 is 1.94 bits per heavy atom. The van der Waals surface area contributed by atoms with Crippen molar-refractivity contribution in [2.24, 2.45) is 4.36 Å². The zero-order chi connectivity index (χ0) is 24.9. The molecule has 2 aliphatic rings. The van der Waals surface area contributed by atoms with Crippen LogP contribution in [0.25, 0.3) is 16.9 Å². The zero-order valence-corrected chi connectivity index (χ0v) is 21.0. The average Bonchev–Trinajstić information content (AvgIpc) is 3.25.